The first kappa shape index (κ1) is 17.2. The molecule has 2 N–H and O–H groups in total. The van der Waals surface area contributed by atoms with Gasteiger partial charge in [0.15, 0.2) is 0 Å². The fourth-order valence-electron chi connectivity index (χ4n) is 2.34. The van der Waals surface area contributed by atoms with Gasteiger partial charge in [0.25, 0.3) is 0 Å². The van der Waals surface area contributed by atoms with Crippen LogP contribution in [0.15, 0.2) is 59.8 Å². The van der Waals surface area contributed by atoms with Crippen LogP contribution in [0.4, 0.5) is 17.5 Å². The number of rotatable bonds is 6. The Hall–Kier alpha value is -2.60. The van der Waals surface area contributed by atoms with Crippen molar-refractivity contribution >= 4 is 29.2 Å². The molecule has 0 fully saturated rings. The van der Waals surface area contributed by atoms with E-state index < -0.39 is 0 Å². The molecule has 0 bridgehead atoms. The molecule has 0 saturated heterocycles. The number of pyridine rings is 1. The minimum absolute atomic E-state index is 0.247. The maximum Gasteiger partial charge on any atom is 0.225 e. The summed E-state index contributed by atoms with van der Waals surface area (Å²) in [6, 6.07) is 14.3. The summed E-state index contributed by atoms with van der Waals surface area (Å²) in [5, 5.41) is 6.65. The zero-order valence-electron chi connectivity index (χ0n) is 14.5. The van der Waals surface area contributed by atoms with Gasteiger partial charge in [0, 0.05) is 40.6 Å². The summed E-state index contributed by atoms with van der Waals surface area (Å²) in [6.07, 6.45) is 5.62. The number of benzene rings is 1. The summed E-state index contributed by atoms with van der Waals surface area (Å²) >= 11 is 1.71. The Labute approximate surface area is 152 Å². The third kappa shape index (κ3) is 4.70. The lowest BCUT2D eigenvalue weighted by molar-refractivity contribution is 0.876. The maximum atomic E-state index is 4.61. The highest BCUT2D eigenvalue weighted by atomic mass is 32.2. The average molecular weight is 351 g/mol. The lowest BCUT2D eigenvalue weighted by atomic mass is 10.2. The van der Waals surface area contributed by atoms with Gasteiger partial charge in [-0.05, 0) is 50.4 Å². The van der Waals surface area contributed by atoms with Gasteiger partial charge in [-0.1, -0.05) is 6.07 Å². The van der Waals surface area contributed by atoms with Crippen LogP contribution in [0, 0.1) is 0 Å². The van der Waals surface area contributed by atoms with Crippen LogP contribution < -0.4 is 10.6 Å². The Bertz CT molecular complexity index is 836. The second-order valence-electron chi connectivity index (χ2n) is 5.86. The van der Waals surface area contributed by atoms with Crippen molar-refractivity contribution in [3.63, 3.8) is 0 Å². The first-order valence-electron chi connectivity index (χ1n) is 8.11. The van der Waals surface area contributed by atoms with Gasteiger partial charge in [0.2, 0.25) is 5.95 Å². The molecule has 0 radical (unpaired) electrons. The summed E-state index contributed by atoms with van der Waals surface area (Å²) in [5.74, 6) is 1.34. The molecule has 0 saturated carbocycles. The van der Waals surface area contributed by atoms with Crippen LogP contribution >= 0.6 is 11.8 Å². The molecule has 0 spiro atoms. The number of anilines is 3. The van der Waals surface area contributed by atoms with Gasteiger partial charge < -0.3 is 10.6 Å². The Kier molecular flexibility index (Phi) is 5.50. The van der Waals surface area contributed by atoms with E-state index in [1.807, 2.05) is 30.3 Å². The second-order valence-corrected chi connectivity index (χ2v) is 6.74. The Balaban J connectivity index is 1.96. The number of nitrogens with zero attached hydrogens (tertiary/aromatic N) is 3. The van der Waals surface area contributed by atoms with Gasteiger partial charge in [-0.2, -0.15) is 4.98 Å². The molecule has 1 aromatic carbocycles. The predicted molar refractivity (Wildman–Crippen MR) is 106 cm³/mol. The molecule has 3 aromatic rings. The van der Waals surface area contributed by atoms with E-state index in [9.17, 15) is 0 Å². The molecule has 5 nitrogen and oxygen atoms in total. The van der Waals surface area contributed by atoms with Crippen molar-refractivity contribution in [1.82, 2.24) is 15.0 Å². The highest BCUT2D eigenvalue weighted by molar-refractivity contribution is 7.98. The van der Waals surface area contributed by atoms with Gasteiger partial charge in [-0.3, -0.25) is 4.98 Å². The summed E-state index contributed by atoms with van der Waals surface area (Å²) in [4.78, 5) is 14.6. The molecule has 0 amide bonds. The molecule has 2 heterocycles. The summed E-state index contributed by atoms with van der Waals surface area (Å²) in [7, 11) is 0. The molecular weight excluding hydrogens is 330 g/mol. The quantitative estimate of drug-likeness (QED) is 0.621. The molecule has 25 heavy (non-hydrogen) atoms. The molecule has 128 valence electrons. The first-order chi connectivity index (χ1) is 12.1. The van der Waals surface area contributed by atoms with Crippen LogP contribution in [0.25, 0.3) is 11.3 Å². The van der Waals surface area contributed by atoms with E-state index in [1.54, 1.807) is 24.2 Å². The van der Waals surface area contributed by atoms with Gasteiger partial charge >= 0.3 is 0 Å². The minimum Gasteiger partial charge on any atom is -0.352 e. The van der Waals surface area contributed by atoms with Gasteiger partial charge in [0.05, 0.1) is 5.69 Å². The molecule has 3 rings (SSSR count). The molecule has 0 atom stereocenters. The van der Waals surface area contributed by atoms with E-state index in [4.69, 9.17) is 0 Å². The Morgan fingerprint density at radius 2 is 1.92 bits per heavy atom. The molecule has 0 unspecified atom stereocenters. The number of thioether (sulfide) groups is 1. The van der Waals surface area contributed by atoms with Crippen LogP contribution in [0.1, 0.15) is 13.8 Å². The zero-order chi connectivity index (χ0) is 17.6. The lowest BCUT2D eigenvalue weighted by Crippen LogP contribution is -2.13. The highest BCUT2D eigenvalue weighted by Gasteiger charge is 2.08. The van der Waals surface area contributed by atoms with E-state index in [0.717, 1.165) is 22.8 Å². The summed E-state index contributed by atoms with van der Waals surface area (Å²) in [5.41, 5.74) is 2.78. The average Bonchev–Trinajstić information content (AvgIpc) is 2.62. The Morgan fingerprint density at radius 1 is 1.04 bits per heavy atom. The van der Waals surface area contributed by atoms with E-state index in [-0.39, 0.29) is 6.04 Å². The van der Waals surface area contributed by atoms with Crippen molar-refractivity contribution in [2.45, 2.75) is 24.8 Å². The number of hydrogen-bond acceptors (Lipinski definition) is 6. The standard InChI is InChI=1S/C19H21N5S/c1-13(2)21-19-23-17(14-6-5-9-20-12-14)11-18(24-19)22-15-7-4-8-16(10-15)25-3/h4-13H,1-3H3,(H2,21,22,23,24). The zero-order valence-corrected chi connectivity index (χ0v) is 15.3. The van der Waals surface area contributed by atoms with Gasteiger partial charge in [-0.15, -0.1) is 11.8 Å². The smallest absolute Gasteiger partial charge is 0.225 e. The predicted octanol–water partition coefficient (Wildman–Crippen LogP) is 4.82. The lowest BCUT2D eigenvalue weighted by Gasteiger charge is -2.13. The molecule has 0 aliphatic rings. The number of aromatic nitrogens is 3. The normalized spacial score (nSPS) is 10.7. The molecule has 0 aliphatic heterocycles. The summed E-state index contributed by atoms with van der Waals surface area (Å²) < 4.78 is 0. The van der Waals surface area contributed by atoms with Crippen molar-refractivity contribution in [3.05, 3.63) is 54.9 Å². The van der Waals surface area contributed by atoms with Crippen LogP contribution in [0.3, 0.4) is 0 Å². The van der Waals surface area contributed by atoms with Crippen molar-refractivity contribution in [2.75, 3.05) is 16.9 Å². The van der Waals surface area contributed by atoms with E-state index in [2.05, 4.69) is 57.8 Å². The van der Waals surface area contributed by atoms with Crippen molar-refractivity contribution in [1.29, 1.82) is 0 Å². The minimum atomic E-state index is 0.247. The van der Waals surface area contributed by atoms with Crippen molar-refractivity contribution in [3.8, 4) is 11.3 Å². The first-order valence-corrected chi connectivity index (χ1v) is 9.33. The molecule has 6 heteroatoms. The SMILES string of the molecule is CSc1cccc(Nc2cc(-c3cccnc3)nc(NC(C)C)n2)c1. The second kappa shape index (κ2) is 7.98. The highest BCUT2D eigenvalue weighted by Crippen LogP contribution is 2.25. The fraction of sp³-hybridized carbons (Fsp3) is 0.211. The largest absolute Gasteiger partial charge is 0.352 e. The van der Waals surface area contributed by atoms with Crippen LogP contribution in [0.5, 0.6) is 0 Å². The topological polar surface area (TPSA) is 62.7 Å². The van der Waals surface area contributed by atoms with E-state index in [0.29, 0.717) is 5.95 Å². The van der Waals surface area contributed by atoms with Crippen molar-refractivity contribution < 1.29 is 0 Å². The molecular formula is C19H21N5S. The van der Waals surface area contributed by atoms with Crippen LogP contribution in [0.2, 0.25) is 0 Å². The summed E-state index contributed by atoms with van der Waals surface area (Å²) in [6.45, 7) is 4.13. The van der Waals surface area contributed by atoms with Gasteiger partial charge in [0.1, 0.15) is 5.82 Å². The van der Waals surface area contributed by atoms with E-state index in [1.165, 1.54) is 4.90 Å². The molecule has 2 aromatic heterocycles. The molecule has 0 aliphatic carbocycles. The number of nitrogens with one attached hydrogen (secondary N) is 2. The third-order valence-corrected chi connectivity index (χ3v) is 4.17. The number of hydrogen-bond donors (Lipinski definition) is 2. The van der Waals surface area contributed by atoms with Crippen molar-refractivity contribution in [2.24, 2.45) is 0 Å². The van der Waals surface area contributed by atoms with Crippen LogP contribution in [-0.2, 0) is 0 Å². The fourth-order valence-corrected chi connectivity index (χ4v) is 2.80. The van der Waals surface area contributed by atoms with Crippen LogP contribution in [-0.4, -0.2) is 27.2 Å². The maximum absolute atomic E-state index is 4.61. The third-order valence-electron chi connectivity index (χ3n) is 3.44. The monoisotopic (exact) mass is 351 g/mol. The Morgan fingerprint density at radius 3 is 2.64 bits per heavy atom. The van der Waals surface area contributed by atoms with Gasteiger partial charge in [-0.25, -0.2) is 4.98 Å². The van der Waals surface area contributed by atoms with E-state index >= 15 is 0 Å².